The quantitative estimate of drug-likeness (QED) is 0.826. The topological polar surface area (TPSA) is 85.9 Å². The first-order chi connectivity index (χ1) is 7.75. The minimum atomic E-state index is -0.941. The fourth-order valence-electron chi connectivity index (χ4n) is 2.72. The number of rotatable bonds is 1. The van der Waals surface area contributed by atoms with E-state index in [4.69, 9.17) is 0 Å². The first-order valence-electron chi connectivity index (χ1n) is 5.67. The third-order valence-corrected chi connectivity index (χ3v) is 3.50. The van der Waals surface area contributed by atoms with E-state index in [1.165, 1.54) is 0 Å². The molecule has 3 N–H and O–H groups in total. The van der Waals surface area contributed by atoms with Gasteiger partial charge in [0.1, 0.15) is 0 Å². The zero-order valence-corrected chi connectivity index (χ0v) is 11.0. The molecule has 0 saturated heterocycles. The summed E-state index contributed by atoms with van der Waals surface area (Å²) < 4.78 is 0. The number of aryl methyl sites for hydroxylation is 2. The number of carboxylic acids is 1. The second kappa shape index (κ2) is 4.21. The molecule has 1 aliphatic rings. The van der Waals surface area contributed by atoms with E-state index in [9.17, 15) is 14.7 Å². The molecule has 0 radical (unpaired) electrons. The van der Waals surface area contributed by atoms with Gasteiger partial charge in [0, 0.05) is 11.0 Å². The molecule has 98 valence electrons. The van der Waals surface area contributed by atoms with Gasteiger partial charge in [0.25, 0.3) is 0 Å². The maximum Gasteiger partial charge on any atom is 0.336 e. The minimum absolute atomic E-state index is 0. The van der Waals surface area contributed by atoms with Crippen LogP contribution in [0, 0.1) is 19.3 Å². The normalized spacial score (nSPS) is 16.1. The molecule has 1 aliphatic carbocycles. The third kappa shape index (κ3) is 1.82. The summed E-state index contributed by atoms with van der Waals surface area (Å²) in [6.07, 6.45) is 0.519. The molecule has 0 spiro atoms. The van der Waals surface area contributed by atoms with Gasteiger partial charge in [-0.3, -0.25) is 4.79 Å². The van der Waals surface area contributed by atoms with Crippen LogP contribution in [0.25, 0.3) is 0 Å². The first-order valence-corrected chi connectivity index (χ1v) is 5.67. The van der Waals surface area contributed by atoms with Gasteiger partial charge in [0.05, 0.1) is 5.56 Å². The highest BCUT2D eigenvalue weighted by Gasteiger charge is 2.41. The lowest BCUT2D eigenvalue weighted by atomic mass is 9.88. The average molecular weight is 250 g/mol. The molecule has 1 aromatic rings. The standard InChI is InChI=1S/C14H16O3.H2O/c1-7-5-8(2)11(13(16)17)9-6-14(3,4)12(15)10(7)9;/h5H,6H2,1-4H3,(H,16,17);1H2. The molecule has 0 unspecified atom stereocenters. The van der Waals surface area contributed by atoms with Crippen molar-refractivity contribution in [1.82, 2.24) is 0 Å². The molecule has 2 rings (SSSR count). The lowest BCUT2D eigenvalue weighted by Gasteiger charge is -2.13. The van der Waals surface area contributed by atoms with Gasteiger partial charge in [-0.1, -0.05) is 19.9 Å². The number of benzene rings is 1. The Morgan fingerprint density at radius 3 is 2.33 bits per heavy atom. The summed E-state index contributed by atoms with van der Waals surface area (Å²) in [4.78, 5) is 23.5. The molecule has 0 amide bonds. The maximum atomic E-state index is 12.2. The lowest BCUT2D eigenvalue weighted by Crippen LogP contribution is -2.19. The van der Waals surface area contributed by atoms with Crippen molar-refractivity contribution >= 4 is 11.8 Å². The van der Waals surface area contributed by atoms with Crippen LogP contribution < -0.4 is 0 Å². The average Bonchev–Trinajstić information content (AvgIpc) is 2.36. The van der Waals surface area contributed by atoms with Gasteiger partial charge in [-0.05, 0) is 37.0 Å². The Balaban J connectivity index is 0.00000162. The highest BCUT2D eigenvalue weighted by Crippen LogP contribution is 2.40. The van der Waals surface area contributed by atoms with Gasteiger partial charge in [-0.2, -0.15) is 0 Å². The Morgan fingerprint density at radius 1 is 1.28 bits per heavy atom. The van der Waals surface area contributed by atoms with Crippen molar-refractivity contribution in [3.63, 3.8) is 0 Å². The highest BCUT2D eigenvalue weighted by molar-refractivity contribution is 6.08. The van der Waals surface area contributed by atoms with E-state index >= 15 is 0 Å². The number of ketones is 1. The molecule has 0 aromatic heterocycles. The van der Waals surface area contributed by atoms with Gasteiger partial charge in [0.15, 0.2) is 5.78 Å². The molecule has 1 aromatic carbocycles. The van der Waals surface area contributed by atoms with Gasteiger partial charge in [0.2, 0.25) is 0 Å². The Morgan fingerprint density at radius 2 is 1.83 bits per heavy atom. The molecule has 0 fully saturated rings. The summed E-state index contributed by atoms with van der Waals surface area (Å²) in [5.41, 5.74) is 2.79. The predicted octanol–water partition coefficient (Wildman–Crippen LogP) is 1.94. The summed E-state index contributed by atoms with van der Waals surface area (Å²) in [5.74, 6) is -0.878. The Labute approximate surface area is 106 Å². The van der Waals surface area contributed by atoms with E-state index in [0.717, 1.165) is 11.1 Å². The molecule has 18 heavy (non-hydrogen) atoms. The van der Waals surface area contributed by atoms with Crippen LogP contribution in [0.15, 0.2) is 6.07 Å². The molecular weight excluding hydrogens is 232 g/mol. The largest absolute Gasteiger partial charge is 0.478 e. The fourth-order valence-corrected chi connectivity index (χ4v) is 2.72. The molecule has 0 aliphatic heterocycles. The molecule has 4 nitrogen and oxygen atoms in total. The summed E-state index contributed by atoms with van der Waals surface area (Å²) in [5, 5.41) is 9.27. The van der Waals surface area contributed by atoms with E-state index in [1.807, 2.05) is 20.8 Å². The van der Waals surface area contributed by atoms with Gasteiger partial charge >= 0.3 is 5.97 Å². The van der Waals surface area contributed by atoms with Crippen LogP contribution in [0.5, 0.6) is 0 Å². The Bertz CT molecular complexity index is 541. The number of hydrogen-bond donors (Lipinski definition) is 1. The van der Waals surface area contributed by atoms with Gasteiger partial charge in [-0.25, -0.2) is 4.79 Å². The highest BCUT2D eigenvalue weighted by atomic mass is 16.4. The van der Waals surface area contributed by atoms with Crippen LogP contribution in [0.2, 0.25) is 0 Å². The monoisotopic (exact) mass is 250 g/mol. The van der Waals surface area contributed by atoms with Crippen LogP contribution >= 0.6 is 0 Å². The fraction of sp³-hybridized carbons (Fsp3) is 0.429. The summed E-state index contributed by atoms with van der Waals surface area (Å²) in [7, 11) is 0. The number of hydrogen-bond acceptors (Lipinski definition) is 2. The lowest BCUT2D eigenvalue weighted by molar-refractivity contribution is 0.0694. The SMILES string of the molecule is Cc1cc(C)c2c(c1C(=O)O)CC(C)(C)C2=O.O. The summed E-state index contributed by atoms with van der Waals surface area (Å²) >= 11 is 0. The molecular formula is C14H18O4. The van der Waals surface area contributed by atoms with E-state index in [1.54, 1.807) is 13.0 Å². The van der Waals surface area contributed by atoms with E-state index in [0.29, 0.717) is 23.1 Å². The van der Waals surface area contributed by atoms with Crippen LogP contribution in [-0.2, 0) is 6.42 Å². The molecule has 0 saturated carbocycles. The zero-order valence-electron chi connectivity index (χ0n) is 11.0. The van der Waals surface area contributed by atoms with E-state index in [-0.39, 0.29) is 11.3 Å². The number of carbonyl (C=O) groups excluding carboxylic acids is 1. The third-order valence-electron chi connectivity index (χ3n) is 3.50. The van der Waals surface area contributed by atoms with Crippen LogP contribution in [0.3, 0.4) is 0 Å². The Hall–Kier alpha value is -1.68. The van der Waals surface area contributed by atoms with Crippen molar-refractivity contribution in [2.45, 2.75) is 34.1 Å². The van der Waals surface area contributed by atoms with Crippen molar-refractivity contribution in [2.75, 3.05) is 0 Å². The van der Waals surface area contributed by atoms with Gasteiger partial charge < -0.3 is 10.6 Å². The Kier molecular flexibility index (Phi) is 3.36. The zero-order chi connectivity index (χ0) is 13.0. The van der Waals surface area contributed by atoms with Crippen molar-refractivity contribution in [2.24, 2.45) is 5.41 Å². The number of carboxylic acid groups (broad SMARTS) is 1. The van der Waals surface area contributed by atoms with Crippen molar-refractivity contribution < 1.29 is 20.2 Å². The van der Waals surface area contributed by atoms with E-state index < -0.39 is 11.4 Å². The molecule has 4 heteroatoms. The number of fused-ring (bicyclic) bond motifs is 1. The second-order valence-electron chi connectivity index (χ2n) is 5.43. The first kappa shape index (κ1) is 14.4. The van der Waals surface area contributed by atoms with Gasteiger partial charge in [-0.15, -0.1) is 0 Å². The van der Waals surface area contributed by atoms with Crippen LogP contribution in [-0.4, -0.2) is 22.3 Å². The van der Waals surface area contributed by atoms with Crippen LogP contribution in [0.4, 0.5) is 0 Å². The number of aromatic carboxylic acids is 1. The smallest absolute Gasteiger partial charge is 0.336 e. The van der Waals surface area contributed by atoms with Crippen molar-refractivity contribution in [1.29, 1.82) is 0 Å². The predicted molar refractivity (Wildman–Crippen MR) is 68.3 cm³/mol. The molecule has 0 heterocycles. The van der Waals surface area contributed by atoms with E-state index in [2.05, 4.69) is 0 Å². The summed E-state index contributed by atoms with van der Waals surface area (Å²) in [6, 6.07) is 1.79. The number of Topliss-reactive ketones (excluding diaryl/α,β-unsaturated/α-hetero) is 1. The molecule has 0 bridgehead atoms. The number of carbonyl (C=O) groups is 2. The summed E-state index contributed by atoms with van der Waals surface area (Å²) in [6.45, 7) is 7.40. The van der Waals surface area contributed by atoms with Crippen molar-refractivity contribution in [3.8, 4) is 0 Å². The van der Waals surface area contributed by atoms with Crippen LogP contribution in [0.1, 0.15) is 51.3 Å². The maximum absolute atomic E-state index is 12.2. The van der Waals surface area contributed by atoms with Crippen molar-refractivity contribution in [3.05, 3.63) is 33.9 Å². The molecule has 0 atom stereocenters. The minimum Gasteiger partial charge on any atom is -0.478 e. The second-order valence-corrected chi connectivity index (χ2v) is 5.43.